The third-order valence-corrected chi connectivity index (χ3v) is 9.62. The van der Waals surface area contributed by atoms with Crippen LogP contribution in [0.3, 0.4) is 0 Å². The summed E-state index contributed by atoms with van der Waals surface area (Å²) in [5, 5.41) is 11.7. The van der Waals surface area contributed by atoms with Crippen LogP contribution in [0.2, 0.25) is 0 Å². The molecule has 8 nitrogen and oxygen atoms in total. The highest BCUT2D eigenvalue weighted by Crippen LogP contribution is 2.42. The Bertz CT molecular complexity index is 2190. The van der Waals surface area contributed by atoms with Crippen molar-refractivity contribution in [2.75, 3.05) is 7.11 Å². The van der Waals surface area contributed by atoms with Crippen LogP contribution in [0.1, 0.15) is 40.3 Å². The molecule has 0 N–H and O–H groups in total. The quantitative estimate of drug-likeness (QED) is 0.143. The first kappa shape index (κ1) is 28.9. The van der Waals surface area contributed by atoms with Crippen molar-refractivity contribution in [2.24, 2.45) is 4.99 Å². The van der Waals surface area contributed by atoms with Gasteiger partial charge in [0.2, 0.25) is 0 Å². The van der Waals surface area contributed by atoms with E-state index in [1.54, 1.807) is 23.8 Å². The molecule has 4 aromatic carbocycles. The minimum Gasteiger partial charge on any atom is -0.493 e. The molecule has 1 atom stereocenters. The fourth-order valence-electron chi connectivity index (χ4n) is 5.98. The van der Waals surface area contributed by atoms with Crippen LogP contribution >= 0.6 is 27.3 Å². The number of nitro groups is 1. The SMILES string of the molecule is COc1cc(/C=c2/sc3n(c2=O)C(c2cccc([N+](=O)[O-])c2)C2=C(N=3)c3ccccc3CC2)cc(Br)c1OCc1ccccc1. The van der Waals surface area contributed by atoms with Crippen LogP contribution in [0.5, 0.6) is 11.5 Å². The molecular formula is C35H26BrN3O5S. The number of benzene rings is 4. The van der Waals surface area contributed by atoms with Gasteiger partial charge >= 0.3 is 0 Å². The Morgan fingerprint density at radius 2 is 1.84 bits per heavy atom. The van der Waals surface area contributed by atoms with Gasteiger partial charge in [0.05, 0.1) is 32.8 Å². The van der Waals surface area contributed by atoms with Crippen molar-refractivity contribution in [3.8, 4) is 11.5 Å². The van der Waals surface area contributed by atoms with Gasteiger partial charge in [-0.2, -0.15) is 0 Å². The molecule has 224 valence electrons. The number of thiazole rings is 1. The number of nitrogens with zero attached hydrogens (tertiary/aromatic N) is 3. The molecule has 0 radical (unpaired) electrons. The number of halogens is 1. The molecule has 45 heavy (non-hydrogen) atoms. The number of aromatic nitrogens is 1. The van der Waals surface area contributed by atoms with Crippen molar-refractivity contribution < 1.29 is 14.4 Å². The predicted octanol–water partition coefficient (Wildman–Crippen LogP) is 6.58. The number of non-ortho nitro benzene ring substituents is 1. The zero-order valence-corrected chi connectivity index (χ0v) is 26.5. The predicted molar refractivity (Wildman–Crippen MR) is 177 cm³/mol. The first-order chi connectivity index (χ1) is 21.9. The molecule has 2 heterocycles. The van der Waals surface area contributed by atoms with Gasteiger partial charge in [0.1, 0.15) is 6.61 Å². The standard InChI is InChI=1S/C35H26BrN3O5S/c1-43-29-17-22(16-28(36)33(29)44-20-21-8-3-2-4-9-21)18-30-34(40)38-32(24-11-7-12-25(19-24)39(41)42)27-15-14-23-10-5-6-13-26(23)31(27)37-35(38)45-30/h2-13,16-19,32H,14-15,20H2,1H3/b30-18+. The lowest BCUT2D eigenvalue weighted by molar-refractivity contribution is -0.384. The molecule has 5 aromatic rings. The highest BCUT2D eigenvalue weighted by atomic mass is 79.9. The summed E-state index contributed by atoms with van der Waals surface area (Å²) in [7, 11) is 1.58. The van der Waals surface area contributed by atoms with Gasteiger partial charge in [0.25, 0.3) is 11.2 Å². The molecule has 0 saturated heterocycles. The Morgan fingerprint density at radius 1 is 1.04 bits per heavy atom. The van der Waals surface area contributed by atoms with E-state index in [1.165, 1.54) is 23.0 Å². The Labute approximate surface area is 270 Å². The molecule has 0 amide bonds. The second-order valence-electron chi connectivity index (χ2n) is 10.8. The molecule has 1 aliphatic heterocycles. The Balaban J connectivity index is 1.35. The zero-order valence-electron chi connectivity index (χ0n) is 24.1. The van der Waals surface area contributed by atoms with Gasteiger partial charge in [0.15, 0.2) is 16.3 Å². The number of hydrogen-bond acceptors (Lipinski definition) is 7. The van der Waals surface area contributed by atoms with Gasteiger partial charge < -0.3 is 9.47 Å². The van der Waals surface area contributed by atoms with Crippen LogP contribution in [0.15, 0.2) is 111 Å². The summed E-state index contributed by atoms with van der Waals surface area (Å²) in [6, 6.07) is 27.8. The van der Waals surface area contributed by atoms with Gasteiger partial charge in [0, 0.05) is 17.7 Å². The van der Waals surface area contributed by atoms with Gasteiger partial charge in [-0.1, -0.05) is 78.1 Å². The van der Waals surface area contributed by atoms with Gasteiger partial charge in [-0.25, -0.2) is 4.99 Å². The summed E-state index contributed by atoms with van der Waals surface area (Å²) in [6.07, 6.45) is 3.31. The lowest BCUT2D eigenvalue weighted by Gasteiger charge is -2.30. The van der Waals surface area contributed by atoms with E-state index in [2.05, 4.69) is 28.1 Å². The number of rotatable bonds is 7. The first-order valence-electron chi connectivity index (χ1n) is 14.3. The number of ether oxygens (including phenoxy) is 2. The largest absolute Gasteiger partial charge is 0.493 e. The number of allylic oxidation sites excluding steroid dienone is 1. The smallest absolute Gasteiger partial charge is 0.271 e. The maximum atomic E-state index is 14.2. The van der Waals surface area contributed by atoms with Crippen LogP contribution in [0.4, 0.5) is 5.69 Å². The summed E-state index contributed by atoms with van der Waals surface area (Å²) < 4.78 is 14.6. The Hall–Kier alpha value is -4.80. The van der Waals surface area contributed by atoms with Crippen molar-refractivity contribution in [2.45, 2.75) is 25.5 Å². The molecule has 0 fully saturated rings. The second-order valence-corrected chi connectivity index (χ2v) is 12.6. The molecule has 2 aliphatic rings. The van der Waals surface area contributed by atoms with Crippen LogP contribution in [0.25, 0.3) is 11.8 Å². The van der Waals surface area contributed by atoms with Crippen molar-refractivity contribution in [1.82, 2.24) is 4.57 Å². The fourth-order valence-corrected chi connectivity index (χ4v) is 7.55. The van der Waals surface area contributed by atoms with E-state index >= 15 is 0 Å². The molecular weight excluding hydrogens is 654 g/mol. The van der Waals surface area contributed by atoms with Gasteiger partial charge in [-0.05, 0) is 74.8 Å². The summed E-state index contributed by atoms with van der Waals surface area (Å²) >= 11 is 4.93. The van der Waals surface area contributed by atoms with Gasteiger partial charge in [-0.3, -0.25) is 19.5 Å². The third-order valence-electron chi connectivity index (χ3n) is 8.05. The van der Waals surface area contributed by atoms with Crippen LogP contribution < -0.4 is 24.4 Å². The molecule has 1 aliphatic carbocycles. The van der Waals surface area contributed by atoms with E-state index in [0.717, 1.165) is 34.4 Å². The lowest BCUT2D eigenvalue weighted by atomic mass is 9.83. The average Bonchev–Trinajstić information content (AvgIpc) is 3.37. The summed E-state index contributed by atoms with van der Waals surface area (Å²) in [6.45, 7) is 0.374. The fraction of sp³-hybridized carbons (Fsp3) is 0.143. The van der Waals surface area contributed by atoms with Crippen LogP contribution in [-0.2, 0) is 13.0 Å². The Morgan fingerprint density at radius 3 is 2.64 bits per heavy atom. The highest BCUT2D eigenvalue weighted by molar-refractivity contribution is 9.10. The summed E-state index contributed by atoms with van der Waals surface area (Å²) in [5.74, 6) is 1.10. The molecule has 1 unspecified atom stereocenters. The number of nitro benzene ring substituents is 1. The number of hydrogen-bond donors (Lipinski definition) is 0. The molecule has 1 aromatic heterocycles. The number of aryl methyl sites for hydroxylation is 1. The van der Waals surface area contributed by atoms with E-state index < -0.39 is 11.0 Å². The van der Waals surface area contributed by atoms with E-state index in [1.807, 2.05) is 66.7 Å². The maximum absolute atomic E-state index is 14.2. The van der Waals surface area contributed by atoms with E-state index in [4.69, 9.17) is 14.5 Å². The highest BCUT2D eigenvalue weighted by Gasteiger charge is 2.33. The van der Waals surface area contributed by atoms with E-state index in [-0.39, 0.29) is 11.2 Å². The van der Waals surface area contributed by atoms with Crippen molar-refractivity contribution in [1.29, 1.82) is 0 Å². The van der Waals surface area contributed by atoms with Crippen LogP contribution in [0, 0.1) is 10.1 Å². The van der Waals surface area contributed by atoms with Crippen molar-refractivity contribution in [3.63, 3.8) is 0 Å². The molecule has 0 bridgehead atoms. The van der Waals surface area contributed by atoms with Gasteiger partial charge in [-0.15, -0.1) is 0 Å². The monoisotopic (exact) mass is 679 g/mol. The normalized spacial score (nSPS) is 15.5. The van der Waals surface area contributed by atoms with Crippen molar-refractivity contribution in [3.05, 3.63) is 159 Å². The molecule has 7 rings (SSSR count). The lowest BCUT2D eigenvalue weighted by Crippen LogP contribution is -2.38. The Kier molecular flexibility index (Phi) is 7.68. The maximum Gasteiger partial charge on any atom is 0.271 e. The molecule has 0 spiro atoms. The van der Waals surface area contributed by atoms with E-state index in [9.17, 15) is 14.9 Å². The third kappa shape index (κ3) is 5.40. The second kappa shape index (κ2) is 11.9. The average molecular weight is 681 g/mol. The summed E-state index contributed by atoms with van der Waals surface area (Å²) in [4.78, 5) is 31.0. The molecule has 0 saturated carbocycles. The zero-order chi connectivity index (χ0) is 31.1. The minimum absolute atomic E-state index is 0.0171. The summed E-state index contributed by atoms with van der Waals surface area (Å²) in [5.41, 5.74) is 6.29. The number of methoxy groups -OCH3 is 1. The molecule has 10 heteroatoms. The van der Waals surface area contributed by atoms with E-state index in [0.29, 0.717) is 43.9 Å². The topological polar surface area (TPSA) is 96.0 Å². The van der Waals surface area contributed by atoms with Crippen LogP contribution in [-0.4, -0.2) is 16.6 Å². The van der Waals surface area contributed by atoms with Crippen molar-refractivity contribution >= 4 is 44.7 Å². The number of fused-ring (bicyclic) bond motifs is 3. The minimum atomic E-state index is -0.512. The first-order valence-corrected chi connectivity index (χ1v) is 15.9.